The number of hydrogen-bond donors (Lipinski definition) is 2. The van der Waals surface area contributed by atoms with Gasteiger partial charge in [0.25, 0.3) is 5.91 Å². The molecule has 5 heteroatoms. The summed E-state index contributed by atoms with van der Waals surface area (Å²) in [7, 11) is 0. The van der Waals surface area contributed by atoms with Gasteiger partial charge in [-0.3, -0.25) is 9.59 Å². The molecule has 1 aromatic heterocycles. The molecule has 0 unspecified atom stereocenters. The van der Waals surface area contributed by atoms with Gasteiger partial charge in [0.05, 0.1) is 6.54 Å². The summed E-state index contributed by atoms with van der Waals surface area (Å²) in [5.41, 5.74) is 1.47. The molecule has 0 aliphatic carbocycles. The van der Waals surface area contributed by atoms with Crippen molar-refractivity contribution in [2.24, 2.45) is 0 Å². The van der Waals surface area contributed by atoms with Crippen molar-refractivity contribution in [3.63, 3.8) is 0 Å². The van der Waals surface area contributed by atoms with Crippen molar-refractivity contribution in [2.75, 3.05) is 6.54 Å². The average Bonchev–Trinajstić information content (AvgIpc) is 2.89. The quantitative estimate of drug-likeness (QED) is 0.774. The first-order valence-electron chi connectivity index (χ1n) is 7.96. The zero-order chi connectivity index (χ0) is 17.3. The molecule has 0 bridgehead atoms. The molecule has 0 fully saturated rings. The first-order valence-corrected chi connectivity index (χ1v) is 7.96. The van der Waals surface area contributed by atoms with E-state index in [0.717, 1.165) is 21.7 Å². The molecule has 0 saturated carbocycles. The minimum Gasteiger partial charge on any atom is -0.450 e. The number of fused-ring (bicyclic) bond motifs is 3. The standard InChI is InChI=1S/C19H20N2O3/c1-11(2)21-16(22)10-20-19(23)17-12(3)14-9-8-13-6-4-5-7-15(13)18(14)24-17/h4-9,11H,10H2,1-3H3,(H,20,23)(H,21,22). The van der Waals surface area contributed by atoms with Crippen LogP contribution >= 0.6 is 0 Å². The lowest BCUT2D eigenvalue weighted by atomic mass is 10.1. The number of hydrogen-bond acceptors (Lipinski definition) is 3. The molecular formula is C19H20N2O3. The monoisotopic (exact) mass is 324 g/mol. The second-order valence-corrected chi connectivity index (χ2v) is 6.12. The van der Waals surface area contributed by atoms with Crippen LogP contribution in [0.4, 0.5) is 0 Å². The molecule has 0 saturated heterocycles. The van der Waals surface area contributed by atoms with Crippen molar-refractivity contribution in [1.29, 1.82) is 0 Å². The number of amides is 2. The Balaban J connectivity index is 1.89. The molecule has 2 aromatic carbocycles. The highest BCUT2D eigenvalue weighted by Crippen LogP contribution is 2.31. The number of furan rings is 1. The van der Waals surface area contributed by atoms with E-state index in [1.54, 1.807) is 0 Å². The van der Waals surface area contributed by atoms with Crippen LogP contribution in [0.3, 0.4) is 0 Å². The molecular weight excluding hydrogens is 304 g/mol. The minimum atomic E-state index is -0.383. The highest BCUT2D eigenvalue weighted by Gasteiger charge is 2.19. The number of aryl methyl sites for hydroxylation is 1. The third kappa shape index (κ3) is 2.97. The molecule has 1 heterocycles. The molecule has 0 aliphatic rings. The summed E-state index contributed by atoms with van der Waals surface area (Å²) in [6.45, 7) is 5.51. The molecule has 2 amide bonds. The maximum absolute atomic E-state index is 12.4. The minimum absolute atomic E-state index is 0.0358. The molecule has 0 spiro atoms. The van der Waals surface area contributed by atoms with Gasteiger partial charge in [0.2, 0.25) is 5.91 Å². The van der Waals surface area contributed by atoms with E-state index >= 15 is 0 Å². The topological polar surface area (TPSA) is 71.3 Å². The highest BCUT2D eigenvalue weighted by molar-refractivity contribution is 6.09. The van der Waals surface area contributed by atoms with Crippen molar-refractivity contribution in [3.8, 4) is 0 Å². The SMILES string of the molecule is Cc1c(C(=O)NCC(=O)NC(C)C)oc2c1ccc1ccccc12. The Kier molecular flexibility index (Phi) is 4.25. The average molecular weight is 324 g/mol. The molecule has 3 rings (SSSR count). The third-order valence-corrected chi connectivity index (χ3v) is 3.89. The van der Waals surface area contributed by atoms with Gasteiger partial charge < -0.3 is 15.1 Å². The van der Waals surface area contributed by atoms with Crippen molar-refractivity contribution < 1.29 is 14.0 Å². The highest BCUT2D eigenvalue weighted by atomic mass is 16.3. The lowest BCUT2D eigenvalue weighted by Gasteiger charge is -2.08. The van der Waals surface area contributed by atoms with E-state index in [1.807, 2.05) is 57.2 Å². The molecule has 0 atom stereocenters. The van der Waals surface area contributed by atoms with Crippen LogP contribution in [0.2, 0.25) is 0 Å². The Hall–Kier alpha value is -2.82. The van der Waals surface area contributed by atoms with Crippen molar-refractivity contribution >= 4 is 33.6 Å². The number of nitrogens with one attached hydrogen (secondary N) is 2. The Bertz CT molecular complexity index is 925. The predicted octanol–water partition coefficient (Wildman–Crippen LogP) is 3.15. The van der Waals surface area contributed by atoms with Crippen LogP contribution in [-0.4, -0.2) is 24.4 Å². The second-order valence-electron chi connectivity index (χ2n) is 6.12. The maximum Gasteiger partial charge on any atom is 0.287 e. The first-order chi connectivity index (χ1) is 11.5. The van der Waals surface area contributed by atoms with Gasteiger partial charge in [-0.05, 0) is 26.2 Å². The molecule has 2 N–H and O–H groups in total. The van der Waals surface area contributed by atoms with Crippen LogP contribution in [0, 0.1) is 6.92 Å². The number of rotatable bonds is 4. The zero-order valence-corrected chi connectivity index (χ0v) is 14.0. The molecule has 3 aromatic rings. The van der Waals surface area contributed by atoms with Gasteiger partial charge in [0.1, 0.15) is 5.58 Å². The van der Waals surface area contributed by atoms with Gasteiger partial charge in [0.15, 0.2) is 5.76 Å². The van der Waals surface area contributed by atoms with E-state index in [2.05, 4.69) is 10.6 Å². The summed E-state index contributed by atoms with van der Waals surface area (Å²) in [4.78, 5) is 24.0. The molecule has 124 valence electrons. The lowest BCUT2D eigenvalue weighted by Crippen LogP contribution is -2.39. The number of carbonyl (C=O) groups excluding carboxylic acids is 2. The Morgan fingerprint density at radius 1 is 1.08 bits per heavy atom. The fourth-order valence-electron chi connectivity index (χ4n) is 2.78. The zero-order valence-electron chi connectivity index (χ0n) is 14.0. The van der Waals surface area contributed by atoms with Gasteiger partial charge >= 0.3 is 0 Å². The van der Waals surface area contributed by atoms with Gasteiger partial charge in [0, 0.05) is 22.4 Å². The smallest absolute Gasteiger partial charge is 0.287 e. The van der Waals surface area contributed by atoms with Crippen LogP contribution in [0.1, 0.15) is 30.0 Å². The van der Waals surface area contributed by atoms with E-state index in [-0.39, 0.29) is 30.2 Å². The Labute approximate surface area is 140 Å². The normalized spacial score (nSPS) is 11.2. The first kappa shape index (κ1) is 16.1. The fraction of sp³-hybridized carbons (Fsp3) is 0.263. The predicted molar refractivity (Wildman–Crippen MR) is 94.1 cm³/mol. The van der Waals surface area contributed by atoms with Crippen LogP contribution in [0.15, 0.2) is 40.8 Å². The van der Waals surface area contributed by atoms with Gasteiger partial charge in [-0.1, -0.05) is 36.4 Å². The van der Waals surface area contributed by atoms with Crippen LogP contribution in [0.25, 0.3) is 21.7 Å². The summed E-state index contributed by atoms with van der Waals surface area (Å²) in [5, 5.41) is 8.27. The van der Waals surface area contributed by atoms with Gasteiger partial charge in [-0.25, -0.2) is 0 Å². The van der Waals surface area contributed by atoms with Crippen molar-refractivity contribution in [1.82, 2.24) is 10.6 Å². The van der Waals surface area contributed by atoms with Crippen LogP contribution in [-0.2, 0) is 4.79 Å². The summed E-state index contributed by atoms with van der Waals surface area (Å²) in [6.07, 6.45) is 0. The van der Waals surface area contributed by atoms with Crippen molar-refractivity contribution in [2.45, 2.75) is 26.8 Å². The van der Waals surface area contributed by atoms with E-state index in [4.69, 9.17) is 4.42 Å². The molecule has 5 nitrogen and oxygen atoms in total. The van der Waals surface area contributed by atoms with E-state index in [1.165, 1.54) is 0 Å². The van der Waals surface area contributed by atoms with Crippen molar-refractivity contribution in [3.05, 3.63) is 47.7 Å². The van der Waals surface area contributed by atoms with Gasteiger partial charge in [-0.2, -0.15) is 0 Å². The largest absolute Gasteiger partial charge is 0.450 e. The van der Waals surface area contributed by atoms with E-state index in [0.29, 0.717) is 5.58 Å². The Morgan fingerprint density at radius 2 is 1.83 bits per heavy atom. The summed E-state index contributed by atoms with van der Waals surface area (Å²) in [5.74, 6) is -0.358. The van der Waals surface area contributed by atoms with E-state index in [9.17, 15) is 9.59 Å². The second kappa shape index (κ2) is 6.35. The lowest BCUT2D eigenvalue weighted by molar-refractivity contribution is -0.120. The Morgan fingerprint density at radius 3 is 2.58 bits per heavy atom. The summed E-state index contributed by atoms with van der Waals surface area (Å²) in [6, 6.07) is 11.9. The number of carbonyl (C=O) groups is 2. The van der Waals surface area contributed by atoms with Crippen LogP contribution in [0.5, 0.6) is 0 Å². The maximum atomic E-state index is 12.4. The molecule has 24 heavy (non-hydrogen) atoms. The third-order valence-electron chi connectivity index (χ3n) is 3.89. The molecule has 0 radical (unpaired) electrons. The molecule has 0 aliphatic heterocycles. The summed E-state index contributed by atoms with van der Waals surface area (Å²) < 4.78 is 5.84. The van der Waals surface area contributed by atoms with Gasteiger partial charge in [-0.15, -0.1) is 0 Å². The number of benzene rings is 2. The van der Waals surface area contributed by atoms with E-state index < -0.39 is 0 Å². The fourth-order valence-corrected chi connectivity index (χ4v) is 2.78. The summed E-state index contributed by atoms with van der Waals surface area (Å²) >= 11 is 0. The van der Waals surface area contributed by atoms with Crippen LogP contribution < -0.4 is 10.6 Å².